The number of aryl methyl sites for hydroxylation is 1. The third-order valence-electron chi connectivity index (χ3n) is 3.47. The Morgan fingerprint density at radius 2 is 1.96 bits per heavy atom. The monoisotopic (exact) mass is 341 g/mol. The molecule has 1 amide bonds. The van der Waals surface area contributed by atoms with Crippen LogP contribution in [0.2, 0.25) is 0 Å². The molecule has 0 saturated heterocycles. The number of halogens is 1. The third-order valence-corrected chi connectivity index (χ3v) is 3.47. The molecule has 0 aromatic heterocycles. The van der Waals surface area contributed by atoms with Crippen molar-refractivity contribution in [3.05, 3.63) is 77.1 Å². The van der Waals surface area contributed by atoms with Gasteiger partial charge in [-0.3, -0.25) is 4.79 Å². The Balaban J connectivity index is 1.69. The smallest absolute Gasteiger partial charge is 0.331 e. The summed E-state index contributed by atoms with van der Waals surface area (Å²) in [7, 11) is 0. The van der Waals surface area contributed by atoms with Gasteiger partial charge in [0, 0.05) is 12.6 Å². The van der Waals surface area contributed by atoms with Crippen LogP contribution in [-0.2, 0) is 20.7 Å². The number of hydrogen-bond acceptors (Lipinski definition) is 3. The average Bonchev–Trinajstić information content (AvgIpc) is 2.60. The van der Waals surface area contributed by atoms with Crippen molar-refractivity contribution in [2.24, 2.45) is 0 Å². The molecule has 0 saturated carbocycles. The summed E-state index contributed by atoms with van der Waals surface area (Å²) >= 11 is 0. The number of carbonyl (C=O) groups is 2. The fourth-order valence-electron chi connectivity index (χ4n) is 2.21. The molecule has 0 aliphatic rings. The zero-order chi connectivity index (χ0) is 18.1. The van der Waals surface area contributed by atoms with Crippen LogP contribution in [0.5, 0.6) is 0 Å². The van der Waals surface area contributed by atoms with Gasteiger partial charge in [-0.05, 0) is 36.6 Å². The maximum Gasteiger partial charge on any atom is 0.331 e. The van der Waals surface area contributed by atoms with Crippen LogP contribution in [0.3, 0.4) is 0 Å². The number of hydrogen-bond donors (Lipinski definition) is 1. The van der Waals surface area contributed by atoms with Gasteiger partial charge in [-0.1, -0.05) is 48.0 Å². The van der Waals surface area contributed by atoms with E-state index in [2.05, 4.69) is 5.32 Å². The quantitative estimate of drug-likeness (QED) is 0.622. The predicted octanol–water partition coefficient (Wildman–Crippen LogP) is 3.05. The lowest BCUT2D eigenvalue weighted by Crippen LogP contribution is -2.30. The number of amides is 1. The highest BCUT2D eigenvalue weighted by molar-refractivity contribution is 5.89. The van der Waals surface area contributed by atoms with Crippen LogP contribution in [0.1, 0.15) is 16.7 Å². The van der Waals surface area contributed by atoms with Crippen LogP contribution >= 0.6 is 0 Å². The van der Waals surface area contributed by atoms with E-state index < -0.39 is 11.9 Å². The molecule has 2 aromatic rings. The molecule has 130 valence electrons. The summed E-state index contributed by atoms with van der Waals surface area (Å²) in [6, 6.07) is 14.0. The van der Waals surface area contributed by atoms with Gasteiger partial charge in [0.25, 0.3) is 5.91 Å². The molecule has 0 unspecified atom stereocenters. The molecule has 4 nitrogen and oxygen atoms in total. The maximum absolute atomic E-state index is 13.4. The van der Waals surface area contributed by atoms with Crippen molar-refractivity contribution >= 4 is 18.0 Å². The largest absolute Gasteiger partial charge is 0.452 e. The van der Waals surface area contributed by atoms with Gasteiger partial charge in [0.2, 0.25) is 0 Å². The number of rotatable bonds is 7. The lowest BCUT2D eigenvalue weighted by molar-refractivity contribution is -0.143. The Hall–Kier alpha value is -2.95. The van der Waals surface area contributed by atoms with E-state index in [-0.39, 0.29) is 19.0 Å². The van der Waals surface area contributed by atoms with Gasteiger partial charge in [0.1, 0.15) is 5.82 Å². The van der Waals surface area contributed by atoms with Gasteiger partial charge in [-0.2, -0.15) is 0 Å². The van der Waals surface area contributed by atoms with Gasteiger partial charge in [-0.25, -0.2) is 9.18 Å². The fourth-order valence-corrected chi connectivity index (χ4v) is 2.21. The number of esters is 1. The standard InChI is InChI=1S/C20H20FNO3/c1-15-5-4-6-16(13-15)9-10-20(24)25-14-19(23)22-12-11-17-7-2-3-8-18(17)21/h2-10,13H,11-12,14H2,1H3,(H,22,23)/b10-9+. The highest BCUT2D eigenvalue weighted by Crippen LogP contribution is 2.07. The highest BCUT2D eigenvalue weighted by Gasteiger charge is 2.06. The lowest BCUT2D eigenvalue weighted by Gasteiger charge is -2.06. The summed E-state index contributed by atoms with van der Waals surface area (Å²) in [5.74, 6) is -1.32. The van der Waals surface area contributed by atoms with Crippen molar-refractivity contribution in [1.29, 1.82) is 0 Å². The second-order valence-electron chi connectivity index (χ2n) is 5.55. The SMILES string of the molecule is Cc1cccc(/C=C/C(=O)OCC(=O)NCCc2ccccc2F)c1. The van der Waals surface area contributed by atoms with Gasteiger partial charge >= 0.3 is 5.97 Å². The summed E-state index contributed by atoms with van der Waals surface area (Å²) in [6.07, 6.45) is 3.28. The van der Waals surface area contributed by atoms with Crippen molar-refractivity contribution in [3.63, 3.8) is 0 Å². The Kier molecular flexibility index (Phi) is 6.89. The Morgan fingerprint density at radius 3 is 2.72 bits per heavy atom. The number of nitrogens with one attached hydrogen (secondary N) is 1. The zero-order valence-corrected chi connectivity index (χ0v) is 14.0. The van der Waals surface area contributed by atoms with E-state index in [1.807, 2.05) is 31.2 Å². The molecule has 0 atom stereocenters. The molecule has 1 N–H and O–H groups in total. The predicted molar refractivity (Wildman–Crippen MR) is 94.3 cm³/mol. The molecule has 0 fully saturated rings. The molecule has 25 heavy (non-hydrogen) atoms. The van der Waals surface area contributed by atoms with Crippen molar-refractivity contribution < 1.29 is 18.7 Å². The minimum absolute atomic E-state index is 0.274. The second kappa shape index (κ2) is 9.37. The molecule has 0 bridgehead atoms. The summed E-state index contributed by atoms with van der Waals surface area (Å²) in [5.41, 5.74) is 2.50. The molecular weight excluding hydrogens is 321 g/mol. The summed E-state index contributed by atoms with van der Waals surface area (Å²) in [6.45, 7) is 1.87. The van der Waals surface area contributed by atoms with Crippen LogP contribution in [0.25, 0.3) is 6.08 Å². The van der Waals surface area contributed by atoms with Crippen LogP contribution in [-0.4, -0.2) is 25.0 Å². The number of ether oxygens (including phenoxy) is 1. The molecule has 2 aromatic carbocycles. The summed E-state index contributed by atoms with van der Waals surface area (Å²) in [5, 5.41) is 2.59. The molecule has 0 radical (unpaired) electrons. The van der Waals surface area contributed by atoms with E-state index in [0.717, 1.165) is 11.1 Å². The molecule has 0 aliphatic carbocycles. The first-order valence-corrected chi connectivity index (χ1v) is 7.96. The summed E-state index contributed by atoms with van der Waals surface area (Å²) < 4.78 is 18.3. The second-order valence-corrected chi connectivity index (χ2v) is 5.55. The van der Waals surface area contributed by atoms with Gasteiger partial charge < -0.3 is 10.1 Å². The van der Waals surface area contributed by atoms with E-state index in [4.69, 9.17) is 4.74 Å². The van der Waals surface area contributed by atoms with Gasteiger partial charge in [-0.15, -0.1) is 0 Å². The van der Waals surface area contributed by atoms with E-state index in [0.29, 0.717) is 12.0 Å². The molecule has 5 heteroatoms. The highest BCUT2D eigenvalue weighted by atomic mass is 19.1. The summed E-state index contributed by atoms with van der Waals surface area (Å²) in [4.78, 5) is 23.2. The minimum Gasteiger partial charge on any atom is -0.452 e. The van der Waals surface area contributed by atoms with Crippen molar-refractivity contribution in [3.8, 4) is 0 Å². The number of carbonyl (C=O) groups excluding carboxylic acids is 2. The lowest BCUT2D eigenvalue weighted by atomic mass is 10.1. The van der Waals surface area contributed by atoms with Crippen molar-refractivity contribution in [2.75, 3.05) is 13.2 Å². The van der Waals surface area contributed by atoms with Crippen molar-refractivity contribution in [1.82, 2.24) is 5.32 Å². The normalized spacial score (nSPS) is 10.6. The topological polar surface area (TPSA) is 55.4 Å². The van der Waals surface area contributed by atoms with Gasteiger partial charge in [0.05, 0.1) is 0 Å². The van der Waals surface area contributed by atoms with E-state index >= 15 is 0 Å². The Morgan fingerprint density at radius 1 is 1.16 bits per heavy atom. The average molecular weight is 341 g/mol. The van der Waals surface area contributed by atoms with Gasteiger partial charge in [0.15, 0.2) is 6.61 Å². The van der Waals surface area contributed by atoms with E-state index in [1.165, 1.54) is 12.1 Å². The van der Waals surface area contributed by atoms with Crippen LogP contribution < -0.4 is 5.32 Å². The minimum atomic E-state index is -0.592. The van der Waals surface area contributed by atoms with Crippen molar-refractivity contribution in [2.45, 2.75) is 13.3 Å². The van der Waals surface area contributed by atoms with Crippen LogP contribution in [0.15, 0.2) is 54.6 Å². The van der Waals surface area contributed by atoms with Crippen LogP contribution in [0, 0.1) is 12.7 Å². The Labute approximate surface area is 146 Å². The molecule has 0 heterocycles. The molecule has 0 spiro atoms. The van der Waals surface area contributed by atoms with E-state index in [1.54, 1.807) is 24.3 Å². The first-order chi connectivity index (χ1) is 12.0. The Bertz CT molecular complexity index is 771. The maximum atomic E-state index is 13.4. The molecule has 0 aliphatic heterocycles. The zero-order valence-electron chi connectivity index (χ0n) is 14.0. The third kappa shape index (κ3) is 6.59. The van der Waals surface area contributed by atoms with E-state index in [9.17, 15) is 14.0 Å². The molecular formula is C20H20FNO3. The van der Waals surface area contributed by atoms with Crippen LogP contribution in [0.4, 0.5) is 4.39 Å². The first kappa shape index (κ1) is 18.4. The fraction of sp³-hybridized carbons (Fsp3) is 0.200. The number of benzene rings is 2. The molecule has 2 rings (SSSR count). The first-order valence-electron chi connectivity index (χ1n) is 7.96.